The lowest BCUT2D eigenvalue weighted by atomic mass is 10.00. The first-order valence-corrected chi connectivity index (χ1v) is 15.2. The quantitative estimate of drug-likeness (QED) is 0.193. The first-order valence-electron chi connectivity index (χ1n) is 14.2. The fourth-order valence-corrected chi connectivity index (χ4v) is 5.62. The molecule has 0 bridgehead atoms. The van der Waals surface area contributed by atoms with Crippen molar-refractivity contribution in [3.8, 4) is 28.6 Å². The molecule has 1 saturated heterocycles. The van der Waals surface area contributed by atoms with Gasteiger partial charge in [0.25, 0.3) is 0 Å². The number of benzene rings is 3. The Balaban J connectivity index is 1.25. The summed E-state index contributed by atoms with van der Waals surface area (Å²) < 4.78 is 62.9. The van der Waals surface area contributed by atoms with E-state index in [-0.39, 0.29) is 17.2 Å². The number of urea groups is 1. The molecule has 2 heterocycles. The van der Waals surface area contributed by atoms with Crippen LogP contribution < -0.4 is 19.7 Å². The number of methoxy groups -OCH3 is 1. The topological polar surface area (TPSA) is 93.9 Å². The Hall–Kier alpha value is -4.85. The minimum atomic E-state index is -4.78. The Morgan fingerprint density at radius 2 is 1.78 bits per heavy atom. The van der Waals surface area contributed by atoms with Crippen molar-refractivity contribution in [1.29, 1.82) is 0 Å². The van der Waals surface area contributed by atoms with E-state index < -0.39 is 18.2 Å². The molecule has 46 heavy (non-hydrogen) atoms. The van der Waals surface area contributed by atoms with Gasteiger partial charge in [-0.05, 0) is 48.2 Å². The van der Waals surface area contributed by atoms with Gasteiger partial charge in [0, 0.05) is 41.4 Å². The summed E-state index contributed by atoms with van der Waals surface area (Å²) in [5.74, 6) is 1.03. The fourth-order valence-electron chi connectivity index (χ4n) is 4.67. The van der Waals surface area contributed by atoms with Gasteiger partial charge in [0.15, 0.2) is 11.0 Å². The van der Waals surface area contributed by atoms with E-state index in [9.17, 15) is 22.4 Å². The summed E-state index contributed by atoms with van der Waals surface area (Å²) in [6.07, 6.45) is -1.50. The summed E-state index contributed by atoms with van der Waals surface area (Å²) in [5, 5.41) is 7.29. The van der Waals surface area contributed by atoms with E-state index >= 15 is 0 Å². The van der Waals surface area contributed by atoms with Crippen LogP contribution in [-0.4, -0.2) is 51.7 Å². The molecule has 0 spiro atoms. The molecule has 3 aromatic carbocycles. The van der Waals surface area contributed by atoms with Gasteiger partial charge in [-0.3, -0.25) is 0 Å². The molecule has 2 amide bonds. The number of hydrogen-bond acceptors (Lipinski definition) is 6. The summed E-state index contributed by atoms with van der Waals surface area (Å²) in [6.45, 7) is 4.87. The Kier molecular flexibility index (Phi) is 9.95. The maximum atomic E-state index is 15.0. The molecule has 1 N–H and O–H groups in total. The van der Waals surface area contributed by atoms with Gasteiger partial charge in [-0.2, -0.15) is 4.99 Å². The molecule has 1 aliphatic heterocycles. The van der Waals surface area contributed by atoms with E-state index in [1.54, 1.807) is 19.2 Å². The van der Waals surface area contributed by atoms with Crippen LogP contribution in [0.25, 0.3) is 22.9 Å². The van der Waals surface area contributed by atoms with Crippen molar-refractivity contribution in [2.24, 2.45) is 4.99 Å². The third-order valence-corrected chi connectivity index (χ3v) is 7.97. The molecule has 4 aromatic rings. The van der Waals surface area contributed by atoms with Crippen LogP contribution in [0.4, 0.5) is 28.0 Å². The smallest absolute Gasteiger partial charge is 0.497 e. The molecule has 1 fully saturated rings. The number of nitrogens with zero attached hydrogens (tertiary/aromatic N) is 5. The minimum Gasteiger partial charge on any atom is -0.497 e. The zero-order valence-electron chi connectivity index (χ0n) is 25.1. The highest BCUT2D eigenvalue weighted by atomic mass is 32.2. The summed E-state index contributed by atoms with van der Waals surface area (Å²) in [4.78, 5) is 23.2. The van der Waals surface area contributed by atoms with Crippen molar-refractivity contribution in [2.45, 2.75) is 32.5 Å². The average Bonchev–Trinajstić information content (AvgIpc) is 3.54. The Bertz CT molecular complexity index is 1740. The number of carbonyl (C=O) groups excluding carboxylic acids is 1. The number of aliphatic imine (C=N–C) groups is 1. The third-order valence-electron chi connectivity index (χ3n) is 6.90. The molecule has 240 valence electrons. The van der Waals surface area contributed by atoms with Gasteiger partial charge >= 0.3 is 12.4 Å². The van der Waals surface area contributed by atoms with Crippen molar-refractivity contribution >= 4 is 34.5 Å². The molecule has 1 aliphatic rings. The van der Waals surface area contributed by atoms with Crippen molar-refractivity contribution in [3.63, 3.8) is 0 Å². The van der Waals surface area contributed by atoms with Gasteiger partial charge in [-0.1, -0.05) is 55.9 Å². The number of halogens is 4. The number of alkyl halides is 3. The van der Waals surface area contributed by atoms with E-state index in [2.05, 4.69) is 39.0 Å². The first-order chi connectivity index (χ1) is 22.0. The average molecular weight is 655 g/mol. The number of amidine groups is 1. The van der Waals surface area contributed by atoms with Gasteiger partial charge in [0.2, 0.25) is 0 Å². The van der Waals surface area contributed by atoms with Gasteiger partial charge in [-0.15, -0.1) is 18.3 Å². The van der Waals surface area contributed by atoms with Crippen LogP contribution in [0.1, 0.15) is 37.3 Å². The number of anilines is 1. The number of aromatic nitrogens is 3. The summed E-state index contributed by atoms with van der Waals surface area (Å²) in [5.41, 5.74) is 3.28. The molecule has 0 unspecified atom stereocenters. The molecular formula is C32H30F4N6O3S. The van der Waals surface area contributed by atoms with Crippen LogP contribution in [0.2, 0.25) is 0 Å². The van der Waals surface area contributed by atoms with Crippen LogP contribution in [0, 0.1) is 0 Å². The summed E-state index contributed by atoms with van der Waals surface area (Å²) in [6, 6.07) is 16.6. The van der Waals surface area contributed by atoms with Gasteiger partial charge in [0.1, 0.15) is 23.7 Å². The van der Waals surface area contributed by atoms with Gasteiger partial charge < -0.3 is 19.7 Å². The molecule has 14 heteroatoms. The SMILES string of the molecule is COc1ccc(C(C)C)c(N2CCCS/C2=N\C(=O)N/C=C(\F)c2ccc(-c3ncn(-c4ccc(OC(F)(F)F)cc4)n3)cc2)c1. The second kappa shape index (κ2) is 14.1. The number of ether oxygens (including phenoxy) is 2. The Morgan fingerprint density at radius 1 is 1.07 bits per heavy atom. The molecule has 0 radical (unpaired) electrons. The minimum absolute atomic E-state index is 0.211. The lowest BCUT2D eigenvalue weighted by Crippen LogP contribution is -2.36. The molecule has 1 aromatic heterocycles. The van der Waals surface area contributed by atoms with Crippen molar-refractivity contribution in [2.75, 3.05) is 24.3 Å². The highest BCUT2D eigenvalue weighted by molar-refractivity contribution is 8.14. The second-order valence-corrected chi connectivity index (χ2v) is 11.5. The first kappa shape index (κ1) is 32.5. The number of nitrogens with one attached hydrogen (secondary N) is 1. The van der Waals surface area contributed by atoms with Crippen molar-refractivity contribution in [3.05, 3.63) is 90.4 Å². The lowest BCUT2D eigenvalue weighted by molar-refractivity contribution is -0.274. The maximum absolute atomic E-state index is 15.0. The van der Waals surface area contributed by atoms with Crippen LogP contribution in [0.3, 0.4) is 0 Å². The molecule has 5 rings (SSSR count). The molecule has 0 saturated carbocycles. The Labute approximate surface area is 266 Å². The van der Waals surface area contributed by atoms with Crippen molar-refractivity contribution < 1.29 is 31.8 Å². The fraction of sp³-hybridized carbons (Fsp3) is 0.250. The number of rotatable bonds is 8. The van der Waals surface area contributed by atoms with E-state index in [0.29, 0.717) is 34.5 Å². The predicted octanol–water partition coefficient (Wildman–Crippen LogP) is 7.94. The number of carbonyl (C=O) groups is 1. The third kappa shape index (κ3) is 8.05. The maximum Gasteiger partial charge on any atom is 0.573 e. The standard InChI is InChI=1S/C32H30F4N6O3S/c1-20(2)26-14-13-25(44-3)17-28(26)41-15-4-16-46-31(41)39-30(43)37-18-27(33)21-5-7-22(8-6-21)29-38-19-42(40-29)23-9-11-24(12-10-23)45-32(34,35)36/h5-14,17-20H,4,15-16H2,1-3H3,(H,37,43)/b27-18-,39-31-. The molecule has 9 nitrogen and oxygen atoms in total. The summed E-state index contributed by atoms with van der Waals surface area (Å²) in [7, 11) is 1.60. The lowest BCUT2D eigenvalue weighted by Gasteiger charge is -2.32. The zero-order chi connectivity index (χ0) is 32.8. The van der Waals surface area contributed by atoms with Gasteiger partial charge in [-0.25, -0.2) is 18.9 Å². The van der Waals surface area contributed by atoms with Crippen LogP contribution in [0.5, 0.6) is 11.5 Å². The van der Waals surface area contributed by atoms with Crippen LogP contribution in [0.15, 0.2) is 84.2 Å². The normalized spacial score (nSPS) is 14.9. The monoisotopic (exact) mass is 654 g/mol. The van der Waals surface area contributed by atoms with E-state index in [1.807, 2.05) is 23.1 Å². The number of amides is 2. The number of thioether (sulfide) groups is 1. The molecular weight excluding hydrogens is 624 g/mol. The highest BCUT2D eigenvalue weighted by Crippen LogP contribution is 2.35. The zero-order valence-corrected chi connectivity index (χ0v) is 25.9. The van der Waals surface area contributed by atoms with Gasteiger partial charge in [0.05, 0.1) is 12.8 Å². The largest absolute Gasteiger partial charge is 0.573 e. The van der Waals surface area contributed by atoms with E-state index in [1.165, 1.54) is 59.2 Å². The molecule has 0 atom stereocenters. The molecule has 0 aliphatic carbocycles. The predicted molar refractivity (Wildman–Crippen MR) is 170 cm³/mol. The highest BCUT2D eigenvalue weighted by Gasteiger charge is 2.31. The second-order valence-electron chi connectivity index (χ2n) is 10.4. The van der Waals surface area contributed by atoms with Crippen LogP contribution >= 0.6 is 11.8 Å². The Morgan fingerprint density at radius 3 is 2.46 bits per heavy atom. The van der Waals surface area contributed by atoms with E-state index in [4.69, 9.17) is 4.74 Å². The van der Waals surface area contributed by atoms with Crippen LogP contribution in [-0.2, 0) is 0 Å². The van der Waals surface area contributed by atoms with E-state index in [0.717, 1.165) is 29.6 Å². The summed E-state index contributed by atoms with van der Waals surface area (Å²) >= 11 is 1.46. The van der Waals surface area contributed by atoms with Crippen molar-refractivity contribution in [1.82, 2.24) is 20.1 Å². The number of hydrogen-bond donors (Lipinski definition) is 1.